The van der Waals surface area contributed by atoms with Crippen LogP contribution in [0.2, 0.25) is 0 Å². The second kappa shape index (κ2) is 10.6. The summed E-state index contributed by atoms with van der Waals surface area (Å²) in [5, 5.41) is 0. The molecule has 3 nitrogen and oxygen atoms in total. The van der Waals surface area contributed by atoms with E-state index in [9.17, 15) is 0 Å². The summed E-state index contributed by atoms with van der Waals surface area (Å²) < 4.78 is 0. The lowest BCUT2D eigenvalue weighted by Gasteiger charge is -2.28. The number of nitrogens with two attached hydrogens (primary N) is 1. The molecule has 0 saturated carbocycles. The van der Waals surface area contributed by atoms with E-state index in [2.05, 4.69) is 51.6 Å². The maximum Gasteiger partial charge on any atom is 0.0109 e. The van der Waals surface area contributed by atoms with Crippen LogP contribution in [0.4, 0.5) is 0 Å². The van der Waals surface area contributed by atoms with Crippen LogP contribution in [0.3, 0.4) is 0 Å². The molecule has 2 N–H and O–H groups in total. The Morgan fingerprint density at radius 1 is 0.895 bits per heavy atom. The zero-order chi connectivity index (χ0) is 14.8. The summed E-state index contributed by atoms with van der Waals surface area (Å²) in [6.45, 7) is 14.7. The van der Waals surface area contributed by atoms with Crippen molar-refractivity contribution in [3.63, 3.8) is 0 Å². The molecular formula is C16H37N3. The van der Waals surface area contributed by atoms with Crippen LogP contribution in [-0.2, 0) is 0 Å². The third-order valence-electron chi connectivity index (χ3n) is 3.48. The molecule has 1 unspecified atom stereocenters. The first-order chi connectivity index (χ1) is 8.85. The van der Waals surface area contributed by atoms with Gasteiger partial charge in [0.15, 0.2) is 0 Å². The molecule has 0 heterocycles. The first kappa shape index (κ1) is 18.9. The lowest BCUT2D eigenvalue weighted by atomic mass is 9.94. The van der Waals surface area contributed by atoms with Crippen LogP contribution in [-0.4, -0.2) is 56.6 Å². The fraction of sp³-hybridized carbons (Fsp3) is 1.00. The molecule has 3 heteroatoms. The molecule has 0 saturated heterocycles. The SMILES string of the molecule is CC(C)CC(CN)CCN(CCN(C)C)CC(C)C. The molecule has 0 rings (SSSR count). The standard InChI is InChI=1S/C16H37N3/c1-14(2)11-16(12-17)7-8-19(13-15(3)4)10-9-18(5)6/h14-16H,7-13,17H2,1-6H3. The molecule has 1 atom stereocenters. The van der Waals surface area contributed by atoms with Crippen LogP contribution in [0, 0.1) is 17.8 Å². The highest BCUT2D eigenvalue weighted by Gasteiger charge is 2.13. The molecule has 0 amide bonds. The van der Waals surface area contributed by atoms with Crippen molar-refractivity contribution < 1.29 is 0 Å². The number of hydrogen-bond acceptors (Lipinski definition) is 3. The lowest BCUT2D eigenvalue weighted by molar-refractivity contribution is 0.201. The number of likely N-dealkylation sites (N-methyl/N-ethyl adjacent to an activating group) is 1. The van der Waals surface area contributed by atoms with E-state index in [0.29, 0.717) is 5.92 Å². The molecule has 0 bridgehead atoms. The zero-order valence-electron chi connectivity index (χ0n) is 14.2. The minimum Gasteiger partial charge on any atom is -0.330 e. The van der Waals surface area contributed by atoms with Gasteiger partial charge in [-0.25, -0.2) is 0 Å². The van der Waals surface area contributed by atoms with Gasteiger partial charge in [0.25, 0.3) is 0 Å². The van der Waals surface area contributed by atoms with E-state index in [-0.39, 0.29) is 0 Å². The fourth-order valence-electron chi connectivity index (χ4n) is 2.52. The second-order valence-corrected chi connectivity index (χ2v) is 7.02. The van der Waals surface area contributed by atoms with Crippen LogP contribution >= 0.6 is 0 Å². The summed E-state index contributed by atoms with van der Waals surface area (Å²) in [4.78, 5) is 4.87. The van der Waals surface area contributed by atoms with Crippen molar-refractivity contribution in [1.82, 2.24) is 9.80 Å². The molecule has 0 aromatic heterocycles. The maximum atomic E-state index is 5.90. The monoisotopic (exact) mass is 271 g/mol. The van der Waals surface area contributed by atoms with Gasteiger partial charge >= 0.3 is 0 Å². The molecule has 0 aliphatic carbocycles. The average Bonchev–Trinajstić information content (AvgIpc) is 2.29. The van der Waals surface area contributed by atoms with Gasteiger partial charge < -0.3 is 15.5 Å². The van der Waals surface area contributed by atoms with Gasteiger partial charge in [0.05, 0.1) is 0 Å². The van der Waals surface area contributed by atoms with E-state index in [0.717, 1.165) is 24.9 Å². The Morgan fingerprint density at radius 2 is 1.53 bits per heavy atom. The van der Waals surface area contributed by atoms with Crippen molar-refractivity contribution in [3.8, 4) is 0 Å². The molecule has 0 radical (unpaired) electrons. The van der Waals surface area contributed by atoms with E-state index in [4.69, 9.17) is 5.73 Å². The van der Waals surface area contributed by atoms with Crippen LogP contribution in [0.25, 0.3) is 0 Å². The zero-order valence-corrected chi connectivity index (χ0v) is 14.2. The van der Waals surface area contributed by atoms with E-state index in [1.165, 1.54) is 32.5 Å². The Bertz CT molecular complexity index is 202. The van der Waals surface area contributed by atoms with Crippen molar-refractivity contribution in [2.45, 2.75) is 40.5 Å². The van der Waals surface area contributed by atoms with Gasteiger partial charge in [0.2, 0.25) is 0 Å². The van der Waals surface area contributed by atoms with E-state index < -0.39 is 0 Å². The third-order valence-corrected chi connectivity index (χ3v) is 3.48. The van der Waals surface area contributed by atoms with Crippen LogP contribution in [0.1, 0.15) is 40.5 Å². The van der Waals surface area contributed by atoms with E-state index >= 15 is 0 Å². The molecule has 0 aromatic rings. The van der Waals surface area contributed by atoms with Crippen molar-refractivity contribution in [2.75, 3.05) is 46.8 Å². The van der Waals surface area contributed by atoms with Gasteiger partial charge in [0.1, 0.15) is 0 Å². The molecular weight excluding hydrogens is 234 g/mol. The Morgan fingerprint density at radius 3 is 1.95 bits per heavy atom. The predicted octanol–water partition coefficient (Wildman–Crippen LogP) is 2.52. The Balaban J connectivity index is 4.14. The minimum absolute atomic E-state index is 0.689. The predicted molar refractivity (Wildman–Crippen MR) is 86.4 cm³/mol. The molecule has 19 heavy (non-hydrogen) atoms. The first-order valence-electron chi connectivity index (χ1n) is 7.92. The highest BCUT2D eigenvalue weighted by atomic mass is 15.2. The molecule has 0 fully saturated rings. The van der Waals surface area contributed by atoms with Gasteiger partial charge in [-0.2, -0.15) is 0 Å². The van der Waals surface area contributed by atoms with E-state index in [1.54, 1.807) is 0 Å². The average molecular weight is 271 g/mol. The van der Waals surface area contributed by atoms with Gasteiger partial charge in [-0.1, -0.05) is 27.7 Å². The largest absolute Gasteiger partial charge is 0.330 e. The Hall–Kier alpha value is -0.120. The smallest absolute Gasteiger partial charge is 0.0109 e. The van der Waals surface area contributed by atoms with Gasteiger partial charge in [-0.15, -0.1) is 0 Å². The normalized spacial score (nSPS) is 14.1. The van der Waals surface area contributed by atoms with Crippen molar-refractivity contribution >= 4 is 0 Å². The molecule has 116 valence electrons. The number of rotatable bonds is 11. The van der Waals surface area contributed by atoms with Crippen molar-refractivity contribution in [3.05, 3.63) is 0 Å². The quantitative estimate of drug-likeness (QED) is 0.627. The highest BCUT2D eigenvalue weighted by Crippen LogP contribution is 2.15. The summed E-state index contributed by atoms with van der Waals surface area (Å²) in [6.07, 6.45) is 2.51. The molecule has 0 aromatic carbocycles. The van der Waals surface area contributed by atoms with Crippen LogP contribution < -0.4 is 5.73 Å². The molecule has 0 aliphatic rings. The highest BCUT2D eigenvalue weighted by molar-refractivity contribution is 4.68. The number of nitrogens with zero attached hydrogens (tertiary/aromatic N) is 2. The second-order valence-electron chi connectivity index (χ2n) is 7.02. The topological polar surface area (TPSA) is 32.5 Å². The van der Waals surface area contributed by atoms with Crippen molar-refractivity contribution in [2.24, 2.45) is 23.5 Å². The Kier molecular flexibility index (Phi) is 10.6. The minimum atomic E-state index is 0.689. The van der Waals surface area contributed by atoms with E-state index in [1.807, 2.05) is 0 Å². The van der Waals surface area contributed by atoms with Gasteiger partial charge in [-0.05, 0) is 57.8 Å². The van der Waals surface area contributed by atoms with Gasteiger partial charge in [0, 0.05) is 19.6 Å². The number of hydrogen-bond donors (Lipinski definition) is 1. The molecule has 0 aliphatic heterocycles. The summed E-state index contributed by atoms with van der Waals surface area (Å²) in [5.41, 5.74) is 5.90. The van der Waals surface area contributed by atoms with Crippen LogP contribution in [0.15, 0.2) is 0 Å². The fourth-order valence-corrected chi connectivity index (χ4v) is 2.52. The summed E-state index contributed by atoms with van der Waals surface area (Å²) in [5.74, 6) is 2.19. The summed E-state index contributed by atoms with van der Waals surface area (Å²) in [7, 11) is 4.30. The van der Waals surface area contributed by atoms with Gasteiger partial charge in [-0.3, -0.25) is 0 Å². The maximum absolute atomic E-state index is 5.90. The summed E-state index contributed by atoms with van der Waals surface area (Å²) in [6, 6.07) is 0. The molecule has 0 spiro atoms. The summed E-state index contributed by atoms with van der Waals surface area (Å²) >= 11 is 0. The third kappa shape index (κ3) is 11.4. The van der Waals surface area contributed by atoms with Crippen LogP contribution in [0.5, 0.6) is 0 Å². The Labute approximate surface area is 121 Å². The lowest BCUT2D eigenvalue weighted by Crippen LogP contribution is -2.36. The first-order valence-corrected chi connectivity index (χ1v) is 7.92. The van der Waals surface area contributed by atoms with Crippen molar-refractivity contribution in [1.29, 1.82) is 0 Å².